The zero-order valence-electron chi connectivity index (χ0n) is 9.64. The zero-order chi connectivity index (χ0) is 13.4. The van der Waals surface area contributed by atoms with Crippen molar-refractivity contribution in [2.24, 2.45) is 0 Å². The zero-order valence-corrected chi connectivity index (χ0v) is 11.2. The maximum Gasteiger partial charge on any atom is 0.166 e. The van der Waals surface area contributed by atoms with Crippen LogP contribution >= 0.6 is 15.9 Å². The number of imidazole rings is 1. The maximum atomic E-state index is 13.9. The van der Waals surface area contributed by atoms with Crippen molar-refractivity contribution in [1.29, 1.82) is 5.26 Å². The highest BCUT2D eigenvalue weighted by atomic mass is 79.9. The van der Waals surface area contributed by atoms with Gasteiger partial charge in [0.05, 0.1) is 11.1 Å². The molecule has 3 rings (SSSR count). The summed E-state index contributed by atoms with van der Waals surface area (Å²) in [5.41, 5.74) is 1.31. The first-order valence-electron chi connectivity index (χ1n) is 5.53. The van der Waals surface area contributed by atoms with E-state index in [2.05, 4.69) is 20.9 Å². The first-order chi connectivity index (χ1) is 9.20. The van der Waals surface area contributed by atoms with Gasteiger partial charge in [-0.2, -0.15) is 5.26 Å². The molecular weight excluding hydrogens is 309 g/mol. The smallest absolute Gasteiger partial charge is 0.166 e. The molecule has 0 saturated heterocycles. The number of fused-ring (bicyclic) bond motifs is 1. The maximum absolute atomic E-state index is 13.9. The average molecular weight is 316 g/mol. The first kappa shape index (κ1) is 11.9. The van der Waals surface area contributed by atoms with Gasteiger partial charge in [0.25, 0.3) is 0 Å². The quantitative estimate of drug-likeness (QED) is 0.685. The van der Waals surface area contributed by atoms with Crippen molar-refractivity contribution < 1.29 is 4.39 Å². The van der Waals surface area contributed by atoms with Crippen molar-refractivity contribution in [2.75, 3.05) is 0 Å². The van der Waals surface area contributed by atoms with E-state index in [1.807, 2.05) is 12.1 Å². The summed E-state index contributed by atoms with van der Waals surface area (Å²) >= 11 is 3.36. The predicted molar refractivity (Wildman–Crippen MR) is 73.0 cm³/mol. The Morgan fingerprint density at radius 1 is 1.21 bits per heavy atom. The summed E-state index contributed by atoms with van der Waals surface area (Å²) in [4.78, 5) is 4.22. The number of halogens is 2. The molecule has 1 aromatic carbocycles. The molecule has 19 heavy (non-hydrogen) atoms. The molecular formula is C14H7BrFN3. The Balaban J connectivity index is 2.39. The van der Waals surface area contributed by atoms with Gasteiger partial charge in [-0.25, -0.2) is 9.37 Å². The number of nitriles is 1. The molecule has 0 unspecified atom stereocenters. The van der Waals surface area contributed by atoms with E-state index < -0.39 is 0 Å². The molecule has 0 amide bonds. The number of nitrogens with zero attached hydrogens (tertiary/aromatic N) is 3. The number of rotatable bonds is 1. The summed E-state index contributed by atoms with van der Waals surface area (Å²) in [6.45, 7) is 0. The minimum atomic E-state index is -0.362. The number of hydrogen-bond donors (Lipinski definition) is 0. The summed E-state index contributed by atoms with van der Waals surface area (Å²) in [7, 11) is 0. The van der Waals surface area contributed by atoms with Crippen molar-refractivity contribution in [3.05, 3.63) is 58.6 Å². The van der Waals surface area contributed by atoms with Crippen LogP contribution in [-0.4, -0.2) is 9.38 Å². The highest BCUT2D eigenvalue weighted by molar-refractivity contribution is 9.10. The van der Waals surface area contributed by atoms with Crippen LogP contribution in [0.2, 0.25) is 0 Å². The summed E-state index contributed by atoms with van der Waals surface area (Å²) < 4.78 is 16.4. The number of aromatic nitrogens is 2. The summed E-state index contributed by atoms with van der Waals surface area (Å²) in [6, 6.07) is 12.0. The van der Waals surface area contributed by atoms with Gasteiger partial charge in [-0.05, 0) is 40.2 Å². The van der Waals surface area contributed by atoms with Crippen LogP contribution in [0.5, 0.6) is 0 Å². The number of hydrogen-bond acceptors (Lipinski definition) is 2. The lowest BCUT2D eigenvalue weighted by Crippen LogP contribution is -1.91. The normalized spacial score (nSPS) is 10.6. The molecule has 0 radical (unpaired) electrons. The van der Waals surface area contributed by atoms with E-state index in [1.54, 1.807) is 34.9 Å². The van der Waals surface area contributed by atoms with Gasteiger partial charge in [-0.1, -0.05) is 12.1 Å². The highest BCUT2D eigenvalue weighted by Gasteiger charge is 2.15. The van der Waals surface area contributed by atoms with Crippen LogP contribution in [0.15, 0.2) is 47.1 Å². The minimum absolute atomic E-state index is 0.283. The third-order valence-electron chi connectivity index (χ3n) is 2.82. The van der Waals surface area contributed by atoms with E-state index >= 15 is 0 Å². The molecule has 0 fully saturated rings. The largest absolute Gasteiger partial charge is 0.297 e. The van der Waals surface area contributed by atoms with Gasteiger partial charge in [0.2, 0.25) is 0 Å². The van der Waals surface area contributed by atoms with Crippen LogP contribution in [0.25, 0.3) is 16.9 Å². The second-order valence-corrected chi connectivity index (χ2v) is 4.89. The third kappa shape index (κ3) is 1.90. The lowest BCUT2D eigenvalue weighted by molar-refractivity contribution is 0.630. The average Bonchev–Trinajstić information content (AvgIpc) is 2.77. The third-order valence-corrected chi connectivity index (χ3v) is 3.29. The van der Waals surface area contributed by atoms with Gasteiger partial charge in [-0.15, -0.1) is 0 Å². The molecule has 0 N–H and O–H groups in total. The Hall–Kier alpha value is -2.19. The topological polar surface area (TPSA) is 41.1 Å². The second kappa shape index (κ2) is 4.48. The van der Waals surface area contributed by atoms with Crippen LogP contribution in [0.3, 0.4) is 0 Å². The number of pyridine rings is 1. The van der Waals surface area contributed by atoms with Crippen LogP contribution in [0.4, 0.5) is 4.39 Å². The fourth-order valence-corrected chi connectivity index (χ4v) is 2.31. The SMILES string of the molecule is N#Cc1nc(-c2ccccc2F)n2cc(Br)ccc12. The molecule has 0 atom stereocenters. The van der Waals surface area contributed by atoms with E-state index in [9.17, 15) is 4.39 Å². The van der Waals surface area contributed by atoms with E-state index in [0.29, 0.717) is 16.9 Å². The Morgan fingerprint density at radius 3 is 2.74 bits per heavy atom. The second-order valence-electron chi connectivity index (χ2n) is 3.98. The van der Waals surface area contributed by atoms with E-state index in [-0.39, 0.29) is 11.5 Å². The molecule has 5 heteroatoms. The molecule has 2 heterocycles. The van der Waals surface area contributed by atoms with Crippen LogP contribution in [0, 0.1) is 17.1 Å². The standard InChI is InChI=1S/C14H7BrFN3/c15-9-5-6-13-12(7-17)18-14(19(13)8-9)10-3-1-2-4-11(10)16/h1-6,8H. The fourth-order valence-electron chi connectivity index (χ4n) is 1.97. The highest BCUT2D eigenvalue weighted by Crippen LogP contribution is 2.26. The Bertz CT molecular complexity index is 817. The van der Waals surface area contributed by atoms with Crippen molar-refractivity contribution in [3.63, 3.8) is 0 Å². The molecule has 0 bridgehead atoms. The molecule has 92 valence electrons. The monoisotopic (exact) mass is 315 g/mol. The Kier molecular flexibility index (Phi) is 2.80. The lowest BCUT2D eigenvalue weighted by Gasteiger charge is -2.02. The summed E-state index contributed by atoms with van der Waals surface area (Å²) in [5, 5.41) is 9.10. The van der Waals surface area contributed by atoms with Crippen LogP contribution in [-0.2, 0) is 0 Å². The van der Waals surface area contributed by atoms with E-state index in [1.165, 1.54) is 6.07 Å². The van der Waals surface area contributed by atoms with Crippen molar-refractivity contribution in [3.8, 4) is 17.5 Å². The van der Waals surface area contributed by atoms with Gasteiger partial charge < -0.3 is 0 Å². The molecule has 0 spiro atoms. The Morgan fingerprint density at radius 2 is 2.00 bits per heavy atom. The van der Waals surface area contributed by atoms with Gasteiger partial charge in [0, 0.05) is 10.7 Å². The molecule has 0 aliphatic carbocycles. The van der Waals surface area contributed by atoms with Gasteiger partial charge >= 0.3 is 0 Å². The fraction of sp³-hybridized carbons (Fsp3) is 0. The number of benzene rings is 1. The first-order valence-corrected chi connectivity index (χ1v) is 6.32. The summed E-state index contributed by atoms with van der Waals surface area (Å²) in [5.74, 6) is 0.0600. The van der Waals surface area contributed by atoms with Crippen molar-refractivity contribution in [2.45, 2.75) is 0 Å². The minimum Gasteiger partial charge on any atom is -0.297 e. The summed E-state index contributed by atoms with van der Waals surface area (Å²) in [6.07, 6.45) is 1.77. The Labute approximate surface area is 117 Å². The molecule has 0 aliphatic rings. The van der Waals surface area contributed by atoms with E-state index in [0.717, 1.165) is 4.47 Å². The molecule has 3 nitrogen and oxygen atoms in total. The molecule has 3 aromatic rings. The van der Waals surface area contributed by atoms with Crippen LogP contribution in [0.1, 0.15) is 5.69 Å². The van der Waals surface area contributed by atoms with Gasteiger partial charge in [0.1, 0.15) is 17.7 Å². The predicted octanol–water partition coefficient (Wildman–Crippen LogP) is 3.77. The van der Waals surface area contributed by atoms with Crippen molar-refractivity contribution >= 4 is 21.4 Å². The molecule has 0 aliphatic heterocycles. The van der Waals surface area contributed by atoms with Crippen LogP contribution < -0.4 is 0 Å². The molecule has 0 saturated carbocycles. The van der Waals surface area contributed by atoms with Gasteiger partial charge in [-0.3, -0.25) is 4.40 Å². The lowest BCUT2D eigenvalue weighted by atomic mass is 10.2. The molecule has 2 aromatic heterocycles. The van der Waals surface area contributed by atoms with Gasteiger partial charge in [0.15, 0.2) is 5.69 Å². The van der Waals surface area contributed by atoms with E-state index in [4.69, 9.17) is 5.26 Å². The van der Waals surface area contributed by atoms with Crippen molar-refractivity contribution in [1.82, 2.24) is 9.38 Å².